The summed E-state index contributed by atoms with van der Waals surface area (Å²) in [5, 5.41) is 7.70. The molecule has 2 rings (SSSR count). The summed E-state index contributed by atoms with van der Waals surface area (Å²) >= 11 is 0. The number of rotatable bonds is 5. The Morgan fingerprint density at radius 1 is 1.32 bits per heavy atom. The van der Waals surface area contributed by atoms with Gasteiger partial charge in [-0.15, -0.1) is 0 Å². The molecule has 0 saturated heterocycles. The van der Waals surface area contributed by atoms with Crippen LogP contribution < -0.4 is 5.32 Å². The van der Waals surface area contributed by atoms with E-state index in [1.807, 2.05) is 19.1 Å². The number of aromatic nitrogens is 2. The summed E-state index contributed by atoms with van der Waals surface area (Å²) in [6.07, 6.45) is 1.79. The maximum atomic E-state index is 13.8. The van der Waals surface area contributed by atoms with Gasteiger partial charge in [-0.1, -0.05) is 19.9 Å². The summed E-state index contributed by atoms with van der Waals surface area (Å²) in [6.45, 7) is 7.85. The molecular weight excluding hydrogens is 241 g/mol. The smallest absolute Gasteiger partial charge is 0.149 e. The fourth-order valence-corrected chi connectivity index (χ4v) is 1.88. The zero-order valence-electron chi connectivity index (χ0n) is 11.7. The summed E-state index contributed by atoms with van der Waals surface area (Å²) in [5.74, 6) is 0.362. The fraction of sp³-hybridized carbons (Fsp3) is 0.400. The van der Waals surface area contributed by atoms with E-state index < -0.39 is 0 Å². The van der Waals surface area contributed by atoms with Gasteiger partial charge >= 0.3 is 0 Å². The Kier molecular flexibility index (Phi) is 4.32. The number of hydrogen-bond donors (Lipinski definition) is 1. The van der Waals surface area contributed by atoms with Gasteiger partial charge in [-0.3, -0.25) is 0 Å². The van der Waals surface area contributed by atoms with Crippen LogP contribution in [0.4, 0.5) is 4.39 Å². The Morgan fingerprint density at radius 2 is 2.11 bits per heavy atom. The van der Waals surface area contributed by atoms with Crippen molar-refractivity contribution < 1.29 is 4.39 Å². The van der Waals surface area contributed by atoms with Gasteiger partial charge in [0.1, 0.15) is 11.5 Å². The van der Waals surface area contributed by atoms with E-state index in [0.29, 0.717) is 18.2 Å². The number of nitrogens with zero attached hydrogens (tertiary/aromatic N) is 2. The molecule has 1 aromatic carbocycles. The van der Waals surface area contributed by atoms with Crippen molar-refractivity contribution in [1.29, 1.82) is 0 Å². The lowest BCUT2D eigenvalue weighted by Crippen LogP contribution is -2.19. The molecule has 0 saturated carbocycles. The van der Waals surface area contributed by atoms with Crippen LogP contribution >= 0.6 is 0 Å². The Hall–Kier alpha value is -1.68. The van der Waals surface area contributed by atoms with E-state index in [2.05, 4.69) is 24.3 Å². The third-order valence-corrected chi connectivity index (χ3v) is 2.85. The van der Waals surface area contributed by atoms with Gasteiger partial charge in [0.25, 0.3) is 0 Å². The number of aryl methyl sites for hydroxylation is 1. The van der Waals surface area contributed by atoms with Crippen molar-refractivity contribution in [3.8, 4) is 5.69 Å². The summed E-state index contributed by atoms with van der Waals surface area (Å²) in [7, 11) is 0. The van der Waals surface area contributed by atoms with E-state index in [9.17, 15) is 4.39 Å². The minimum Gasteiger partial charge on any atom is -0.311 e. The van der Waals surface area contributed by atoms with Gasteiger partial charge in [-0.25, -0.2) is 9.07 Å². The number of hydrogen-bond acceptors (Lipinski definition) is 2. The SMILES string of the molecule is Cc1ccc(-n2ccc(CNCC(C)C)n2)c(F)c1. The quantitative estimate of drug-likeness (QED) is 0.896. The van der Waals surface area contributed by atoms with E-state index in [1.165, 1.54) is 6.07 Å². The molecule has 1 aromatic heterocycles. The largest absolute Gasteiger partial charge is 0.311 e. The lowest BCUT2D eigenvalue weighted by atomic mass is 10.2. The molecular formula is C15H20FN3. The molecule has 0 bridgehead atoms. The highest BCUT2D eigenvalue weighted by molar-refractivity contribution is 5.35. The first kappa shape index (κ1) is 13.7. The van der Waals surface area contributed by atoms with Crippen LogP contribution in [0.2, 0.25) is 0 Å². The molecule has 3 nitrogen and oxygen atoms in total. The zero-order valence-corrected chi connectivity index (χ0v) is 11.7. The van der Waals surface area contributed by atoms with Crippen LogP contribution in [0.3, 0.4) is 0 Å². The molecule has 0 radical (unpaired) electrons. The first-order valence-electron chi connectivity index (χ1n) is 6.58. The average Bonchev–Trinajstić information content (AvgIpc) is 2.77. The molecule has 0 aliphatic rings. The zero-order chi connectivity index (χ0) is 13.8. The van der Waals surface area contributed by atoms with Gasteiger partial charge in [-0.05, 0) is 43.1 Å². The predicted molar refractivity (Wildman–Crippen MR) is 74.8 cm³/mol. The summed E-state index contributed by atoms with van der Waals surface area (Å²) in [5.41, 5.74) is 2.31. The van der Waals surface area contributed by atoms with E-state index in [-0.39, 0.29) is 5.82 Å². The Morgan fingerprint density at radius 3 is 2.79 bits per heavy atom. The summed E-state index contributed by atoms with van der Waals surface area (Å²) in [6, 6.07) is 7.07. The molecule has 0 aliphatic heterocycles. The molecule has 0 atom stereocenters. The highest BCUT2D eigenvalue weighted by Gasteiger charge is 2.06. The highest BCUT2D eigenvalue weighted by atomic mass is 19.1. The van der Waals surface area contributed by atoms with Crippen LogP contribution in [0, 0.1) is 18.7 Å². The standard InChI is InChI=1S/C15H20FN3/c1-11(2)9-17-10-13-6-7-19(18-13)15-5-4-12(3)8-14(15)16/h4-8,11,17H,9-10H2,1-3H3. The third-order valence-electron chi connectivity index (χ3n) is 2.85. The lowest BCUT2D eigenvalue weighted by molar-refractivity contribution is 0.545. The minimum absolute atomic E-state index is 0.246. The molecule has 0 unspecified atom stereocenters. The predicted octanol–water partition coefficient (Wildman–Crippen LogP) is 3.07. The van der Waals surface area contributed by atoms with Crippen LogP contribution in [0.1, 0.15) is 25.1 Å². The van der Waals surface area contributed by atoms with Gasteiger partial charge in [0.05, 0.1) is 5.69 Å². The fourth-order valence-electron chi connectivity index (χ4n) is 1.88. The molecule has 0 fully saturated rings. The van der Waals surface area contributed by atoms with Crippen molar-refractivity contribution in [3.63, 3.8) is 0 Å². The van der Waals surface area contributed by atoms with Gasteiger partial charge < -0.3 is 5.32 Å². The monoisotopic (exact) mass is 261 g/mol. The second-order valence-corrected chi connectivity index (χ2v) is 5.23. The summed E-state index contributed by atoms with van der Waals surface area (Å²) < 4.78 is 15.4. The van der Waals surface area contributed by atoms with E-state index in [0.717, 1.165) is 17.8 Å². The molecule has 0 amide bonds. The molecule has 2 aromatic rings. The molecule has 1 heterocycles. The van der Waals surface area contributed by atoms with Crippen molar-refractivity contribution in [2.75, 3.05) is 6.54 Å². The van der Waals surface area contributed by atoms with E-state index >= 15 is 0 Å². The van der Waals surface area contributed by atoms with Crippen molar-refractivity contribution in [2.45, 2.75) is 27.3 Å². The maximum Gasteiger partial charge on any atom is 0.149 e. The van der Waals surface area contributed by atoms with Crippen LogP contribution in [0.15, 0.2) is 30.5 Å². The maximum absolute atomic E-state index is 13.8. The Bertz CT molecular complexity index is 546. The molecule has 102 valence electrons. The van der Waals surface area contributed by atoms with Gasteiger partial charge in [0, 0.05) is 12.7 Å². The highest BCUT2D eigenvalue weighted by Crippen LogP contribution is 2.14. The van der Waals surface area contributed by atoms with Crippen LogP contribution in [0.25, 0.3) is 5.69 Å². The van der Waals surface area contributed by atoms with Crippen LogP contribution in [-0.2, 0) is 6.54 Å². The van der Waals surface area contributed by atoms with Crippen LogP contribution in [0.5, 0.6) is 0 Å². The second-order valence-electron chi connectivity index (χ2n) is 5.23. The molecule has 0 aliphatic carbocycles. The van der Waals surface area contributed by atoms with Crippen molar-refractivity contribution in [3.05, 3.63) is 47.5 Å². The van der Waals surface area contributed by atoms with E-state index in [1.54, 1.807) is 16.9 Å². The lowest BCUT2D eigenvalue weighted by Gasteiger charge is -2.06. The molecule has 1 N–H and O–H groups in total. The first-order valence-corrected chi connectivity index (χ1v) is 6.58. The van der Waals surface area contributed by atoms with E-state index in [4.69, 9.17) is 0 Å². The Labute approximate surface area is 113 Å². The number of benzene rings is 1. The third kappa shape index (κ3) is 3.64. The molecule has 19 heavy (non-hydrogen) atoms. The van der Waals surface area contributed by atoms with Crippen LogP contribution in [-0.4, -0.2) is 16.3 Å². The first-order chi connectivity index (χ1) is 9.06. The van der Waals surface area contributed by atoms with Crippen molar-refractivity contribution >= 4 is 0 Å². The number of nitrogens with one attached hydrogen (secondary N) is 1. The molecule has 4 heteroatoms. The topological polar surface area (TPSA) is 29.9 Å². The van der Waals surface area contributed by atoms with Gasteiger partial charge in [0.15, 0.2) is 0 Å². The Balaban J connectivity index is 2.08. The minimum atomic E-state index is -0.246. The normalized spacial score (nSPS) is 11.2. The molecule has 0 spiro atoms. The summed E-state index contributed by atoms with van der Waals surface area (Å²) in [4.78, 5) is 0. The van der Waals surface area contributed by atoms with Gasteiger partial charge in [0.2, 0.25) is 0 Å². The van der Waals surface area contributed by atoms with Crippen molar-refractivity contribution in [1.82, 2.24) is 15.1 Å². The number of halogens is 1. The van der Waals surface area contributed by atoms with Crippen molar-refractivity contribution in [2.24, 2.45) is 5.92 Å². The average molecular weight is 261 g/mol. The van der Waals surface area contributed by atoms with Gasteiger partial charge in [-0.2, -0.15) is 5.10 Å². The second kappa shape index (κ2) is 5.97.